The van der Waals surface area contributed by atoms with Crippen molar-refractivity contribution in [2.75, 3.05) is 0 Å². The summed E-state index contributed by atoms with van der Waals surface area (Å²) < 4.78 is 1.99. The van der Waals surface area contributed by atoms with Crippen LogP contribution in [-0.2, 0) is 0 Å². The van der Waals surface area contributed by atoms with Crippen LogP contribution in [0.4, 0.5) is 0 Å². The van der Waals surface area contributed by atoms with Crippen molar-refractivity contribution in [2.45, 2.75) is 0 Å². The van der Waals surface area contributed by atoms with E-state index < -0.39 is 0 Å². The van der Waals surface area contributed by atoms with Gasteiger partial charge >= 0.3 is 0 Å². The highest BCUT2D eigenvalue weighted by atomic mass is 32.1. The molecule has 3 rings (SSSR count). The van der Waals surface area contributed by atoms with E-state index in [1.54, 1.807) is 35.7 Å². The summed E-state index contributed by atoms with van der Waals surface area (Å²) in [7, 11) is 0. The van der Waals surface area contributed by atoms with Crippen LogP contribution in [-0.4, -0.2) is 31.1 Å². The SMILES string of the molecule is S=c1[nH]nc(-c2ccncc2)n1/N=C/c1cccnc1. The van der Waals surface area contributed by atoms with Crippen LogP contribution in [0.15, 0.2) is 54.2 Å². The molecule has 98 valence electrons. The van der Waals surface area contributed by atoms with Crippen LogP contribution in [0.3, 0.4) is 0 Å². The molecular formula is C13H10N6S. The second-order valence-electron chi connectivity index (χ2n) is 3.93. The first-order chi connectivity index (χ1) is 9.84. The Balaban J connectivity index is 2.01. The Morgan fingerprint density at radius 2 is 2.00 bits per heavy atom. The van der Waals surface area contributed by atoms with Crippen LogP contribution in [0.1, 0.15) is 5.56 Å². The first-order valence-corrected chi connectivity index (χ1v) is 6.27. The van der Waals surface area contributed by atoms with E-state index >= 15 is 0 Å². The van der Waals surface area contributed by atoms with E-state index in [1.807, 2.05) is 24.3 Å². The fraction of sp³-hybridized carbons (Fsp3) is 0. The van der Waals surface area contributed by atoms with E-state index in [4.69, 9.17) is 12.2 Å². The molecule has 0 spiro atoms. The molecule has 0 bridgehead atoms. The Labute approximate surface area is 119 Å². The number of H-pyrrole nitrogens is 1. The average Bonchev–Trinajstić information content (AvgIpc) is 2.88. The zero-order chi connectivity index (χ0) is 13.8. The van der Waals surface area contributed by atoms with Crippen molar-refractivity contribution in [2.24, 2.45) is 5.10 Å². The Morgan fingerprint density at radius 3 is 2.75 bits per heavy atom. The predicted molar refractivity (Wildman–Crippen MR) is 77.9 cm³/mol. The van der Waals surface area contributed by atoms with Crippen LogP contribution < -0.4 is 0 Å². The van der Waals surface area contributed by atoms with E-state index in [0.29, 0.717) is 10.6 Å². The summed E-state index contributed by atoms with van der Waals surface area (Å²) in [6.45, 7) is 0. The predicted octanol–water partition coefficient (Wildman–Crippen LogP) is 2.28. The summed E-state index contributed by atoms with van der Waals surface area (Å²) in [5, 5.41) is 11.3. The molecule has 0 aliphatic carbocycles. The lowest BCUT2D eigenvalue weighted by Gasteiger charge is -1.99. The van der Waals surface area contributed by atoms with Crippen molar-refractivity contribution in [3.05, 3.63) is 59.4 Å². The van der Waals surface area contributed by atoms with E-state index in [0.717, 1.165) is 11.1 Å². The number of nitrogens with one attached hydrogen (secondary N) is 1. The van der Waals surface area contributed by atoms with Crippen LogP contribution >= 0.6 is 12.2 Å². The van der Waals surface area contributed by atoms with Gasteiger partial charge in [-0.15, -0.1) is 0 Å². The highest BCUT2D eigenvalue weighted by Crippen LogP contribution is 2.15. The summed E-state index contributed by atoms with van der Waals surface area (Å²) in [5.74, 6) is 0.637. The molecule has 20 heavy (non-hydrogen) atoms. The Bertz CT molecular complexity index is 775. The van der Waals surface area contributed by atoms with Crippen molar-refractivity contribution in [3.63, 3.8) is 0 Å². The van der Waals surface area contributed by atoms with E-state index in [-0.39, 0.29) is 0 Å². The number of hydrogen-bond acceptors (Lipinski definition) is 5. The number of rotatable bonds is 3. The minimum absolute atomic E-state index is 0.428. The Morgan fingerprint density at radius 1 is 1.15 bits per heavy atom. The number of pyridine rings is 2. The van der Waals surface area contributed by atoms with E-state index in [2.05, 4.69) is 25.3 Å². The molecule has 0 saturated carbocycles. The summed E-state index contributed by atoms with van der Waals surface area (Å²) in [6.07, 6.45) is 8.51. The second-order valence-corrected chi connectivity index (χ2v) is 4.32. The van der Waals surface area contributed by atoms with Gasteiger partial charge in [-0.2, -0.15) is 14.9 Å². The first kappa shape index (κ1) is 12.4. The van der Waals surface area contributed by atoms with Gasteiger partial charge in [0.15, 0.2) is 5.82 Å². The van der Waals surface area contributed by atoms with Crippen LogP contribution in [0.5, 0.6) is 0 Å². The van der Waals surface area contributed by atoms with Gasteiger partial charge in [0.2, 0.25) is 4.77 Å². The van der Waals surface area contributed by atoms with Gasteiger partial charge in [-0.3, -0.25) is 9.97 Å². The fourth-order valence-corrected chi connectivity index (χ4v) is 1.84. The third kappa shape index (κ3) is 2.52. The first-order valence-electron chi connectivity index (χ1n) is 5.87. The van der Waals surface area contributed by atoms with Crippen molar-refractivity contribution in [1.82, 2.24) is 24.8 Å². The average molecular weight is 282 g/mol. The maximum Gasteiger partial charge on any atom is 0.216 e. The smallest absolute Gasteiger partial charge is 0.216 e. The summed E-state index contributed by atoms with van der Waals surface area (Å²) >= 11 is 5.19. The number of nitrogens with zero attached hydrogens (tertiary/aromatic N) is 5. The van der Waals surface area contributed by atoms with Gasteiger partial charge in [-0.05, 0) is 30.4 Å². The molecule has 0 aromatic carbocycles. The zero-order valence-electron chi connectivity index (χ0n) is 10.3. The minimum atomic E-state index is 0.428. The number of aromatic nitrogens is 5. The second kappa shape index (κ2) is 5.54. The lowest BCUT2D eigenvalue weighted by molar-refractivity contribution is 0.871. The third-order valence-electron chi connectivity index (χ3n) is 2.60. The Kier molecular flexibility index (Phi) is 3.42. The van der Waals surface area contributed by atoms with Gasteiger partial charge in [0.05, 0.1) is 6.21 Å². The number of aromatic amines is 1. The molecule has 0 aliphatic rings. The third-order valence-corrected chi connectivity index (χ3v) is 2.86. The van der Waals surface area contributed by atoms with Crippen LogP contribution in [0.25, 0.3) is 11.4 Å². The van der Waals surface area contributed by atoms with Crippen LogP contribution in [0.2, 0.25) is 0 Å². The maximum atomic E-state index is 5.19. The number of hydrogen-bond donors (Lipinski definition) is 1. The van der Waals surface area contributed by atoms with Crippen molar-refractivity contribution >= 4 is 18.4 Å². The molecule has 1 N–H and O–H groups in total. The highest BCUT2D eigenvalue weighted by molar-refractivity contribution is 7.71. The van der Waals surface area contributed by atoms with Gasteiger partial charge in [0, 0.05) is 35.9 Å². The zero-order valence-corrected chi connectivity index (χ0v) is 11.2. The summed E-state index contributed by atoms with van der Waals surface area (Å²) in [5.41, 5.74) is 1.77. The molecule has 0 saturated heterocycles. The molecule has 0 atom stereocenters. The van der Waals surface area contributed by atoms with Gasteiger partial charge < -0.3 is 0 Å². The molecule has 0 fully saturated rings. The molecule has 3 aromatic heterocycles. The minimum Gasteiger partial charge on any atom is -0.265 e. The highest BCUT2D eigenvalue weighted by Gasteiger charge is 2.07. The molecule has 3 aromatic rings. The van der Waals surface area contributed by atoms with Crippen molar-refractivity contribution < 1.29 is 0 Å². The van der Waals surface area contributed by atoms with E-state index in [1.165, 1.54) is 0 Å². The molecule has 0 unspecified atom stereocenters. The lowest BCUT2D eigenvalue weighted by atomic mass is 10.2. The van der Waals surface area contributed by atoms with Gasteiger partial charge in [-0.1, -0.05) is 6.07 Å². The van der Waals surface area contributed by atoms with Gasteiger partial charge in [0.25, 0.3) is 0 Å². The standard InChI is InChI=1S/C13H10N6S/c20-13-18-17-12(11-3-6-14-7-4-11)19(13)16-9-10-2-1-5-15-8-10/h1-9H,(H,18,20)/b16-9+. The molecule has 0 amide bonds. The van der Waals surface area contributed by atoms with E-state index in [9.17, 15) is 0 Å². The van der Waals surface area contributed by atoms with Gasteiger partial charge in [0.1, 0.15) is 0 Å². The molecular weight excluding hydrogens is 272 g/mol. The topological polar surface area (TPSA) is 71.8 Å². The monoisotopic (exact) mass is 282 g/mol. The lowest BCUT2D eigenvalue weighted by Crippen LogP contribution is -1.95. The van der Waals surface area contributed by atoms with Crippen LogP contribution in [0, 0.1) is 4.77 Å². The molecule has 0 radical (unpaired) electrons. The maximum absolute atomic E-state index is 5.19. The quantitative estimate of drug-likeness (QED) is 0.591. The summed E-state index contributed by atoms with van der Waals surface area (Å²) in [6, 6.07) is 7.45. The van der Waals surface area contributed by atoms with Gasteiger partial charge in [-0.25, -0.2) is 5.10 Å². The van der Waals surface area contributed by atoms with Crippen molar-refractivity contribution in [3.8, 4) is 11.4 Å². The molecule has 7 heteroatoms. The normalized spacial score (nSPS) is 11.0. The molecule has 0 aliphatic heterocycles. The summed E-state index contributed by atoms with van der Waals surface area (Å²) in [4.78, 5) is 8.01. The Hall–Kier alpha value is -2.67. The fourth-order valence-electron chi connectivity index (χ4n) is 1.66. The molecule has 6 nitrogen and oxygen atoms in total. The molecule has 3 heterocycles. The van der Waals surface area contributed by atoms with Crippen molar-refractivity contribution in [1.29, 1.82) is 0 Å². The largest absolute Gasteiger partial charge is 0.265 e.